The Kier molecular flexibility index (Phi) is 5.15. The van der Waals surface area contributed by atoms with Crippen LogP contribution in [0.4, 0.5) is 5.69 Å². The summed E-state index contributed by atoms with van der Waals surface area (Å²) >= 11 is 3.26. The summed E-state index contributed by atoms with van der Waals surface area (Å²) in [5, 5.41) is 11.3. The Hall–Kier alpha value is -1.56. The Balaban J connectivity index is 2.61. The van der Waals surface area contributed by atoms with Crippen LogP contribution in [0.2, 0.25) is 0 Å². The molecule has 98 valence electrons. The highest BCUT2D eigenvalue weighted by Crippen LogP contribution is 2.17. The largest absolute Gasteiger partial charge is 0.481 e. The van der Waals surface area contributed by atoms with Crippen LogP contribution in [-0.2, 0) is 4.79 Å². The average molecular weight is 315 g/mol. The second-order valence-electron chi connectivity index (χ2n) is 4.08. The predicted octanol–water partition coefficient (Wildman–Crippen LogP) is 2.01. The van der Waals surface area contributed by atoms with Crippen LogP contribution in [0.3, 0.4) is 0 Å². The summed E-state index contributed by atoms with van der Waals surface area (Å²) in [4.78, 5) is 22.3. The summed E-state index contributed by atoms with van der Waals surface area (Å²) < 4.78 is 0.728. The van der Waals surface area contributed by atoms with Gasteiger partial charge >= 0.3 is 5.97 Å². The van der Waals surface area contributed by atoms with Crippen LogP contribution < -0.4 is 11.1 Å². The van der Waals surface area contributed by atoms with Crippen LogP contribution in [0.15, 0.2) is 22.7 Å². The molecule has 0 aromatic heterocycles. The van der Waals surface area contributed by atoms with Crippen LogP contribution in [0.1, 0.15) is 30.1 Å². The van der Waals surface area contributed by atoms with Gasteiger partial charge in [-0.3, -0.25) is 9.59 Å². The number of rotatable bonds is 5. The molecular weight excluding hydrogens is 300 g/mol. The van der Waals surface area contributed by atoms with Gasteiger partial charge in [0.15, 0.2) is 0 Å². The predicted molar refractivity (Wildman–Crippen MR) is 72.4 cm³/mol. The lowest BCUT2D eigenvalue weighted by Gasteiger charge is -2.13. The van der Waals surface area contributed by atoms with Crippen LogP contribution in [0, 0.1) is 0 Å². The Labute approximate surface area is 113 Å². The molecule has 1 aromatic rings. The molecule has 0 radical (unpaired) electrons. The topological polar surface area (TPSA) is 92.4 Å². The number of carboxylic acids is 1. The van der Waals surface area contributed by atoms with E-state index in [1.54, 1.807) is 25.1 Å². The van der Waals surface area contributed by atoms with E-state index in [0.29, 0.717) is 17.7 Å². The zero-order valence-corrected chi connectivity index (χ0v) is 11.5. The van der Waals surface area contributed by atoms with Gasteiger partial charge in [-0.25, -0.2) is 0 Å². The van der Waals surface area contributed by atoms with Gasteiger partial charge < -0.3 is 16.2 Å². The molecule has 0 aliphatic carbocycles. The molecule has 0 spiro atoms. The molecule has 0 aliphatic heterocycles. The zero-order chi connectivity index (χ0) is 13.7. The molecule has 1 amide bonds. The van der Waals surface area contributed by atoms with Crippen LogP contribution in [-0.4, -0.2) is 23.0 Å². The van der Waals surface area contributed by atoms with Crippen molar-refractivity contribution in [1.29, 1.82) is 0 Å². The third-order valence-corrected chi connectivity index (χ3v) is 2.81. The van der Waals surface area contributed by atoms with Gasteiger partial charge in [0, 0.05) is 28.2 Å². The maximum atomic E-state index is 11.9. The summed E-state index contributed by atoms with van der Waals surface area (Å²) in [5.41, 5.74) is 6.58. The maximum absolute atomic E-state index is 11.9. The number of carbonyl (C=O) groups is 2. The minimum Gasteiger partial charge on any atom is -0.481 e. The van der Waals surface area contributed by atoms with Gasteiger partial charge in [0.2, 0.25) is 0 Å². The molecule has 0 saturated heterocycles. The van der Waals surface area contributed by atoms with Crippen LogP contribution in [0.5, 0.6) is 0 Å². The van der Waals surface area contributed by atoms with Gasteiger partial charge in [0.05, 0.1) is 0 Å². The number of aliphatic carboxylic acids is 1. The fourth-order valence-electron chi connectivity index (χ4n) is 1.46. The normalized spacial score (nSPS) is 11.9. The van der Waals surface area contributed by atoms with Crippen LogP contribution >= 0.6 is 15.9 Å². The van der Waals surface area contributed by atoms with Crippen LogP contribution in [0.25, 0.3) is 0 Å². The lowest BCUT2D eigenvalue weighted by Crippen LogP contribution is -2.33. The molecule has 1 atom stereocenters. The van der Waals surface area contributed by atoms with Gasteiger partial charge in [-0.1, -0.05) is 15.9 Å². The van der Waals surface area contributed by atoms with Gasteiger partial charge in [0.25, 0.3) is 5.91 Å². The van der Waals surface area contributed by atoms with Crippen molar-refractivity contribution in [3.8, 4) is 0 Å². The van der Waals surface area contributed by atoms with E-state index in [9.17, 15) is 9.59 Å². The first-order chi connectivity index (χ1) is 8.38. The monoisotopic (exact) mass is 314 g/mol. The Morgan fingerprint density at radius 3 is 2.67 bits per heavy atom. The van der Waals surface area contributed by atoms with Gasteiger partial charge in [-0.2, -0.15) is 0 Å². The average Bonchev–Trinajstić information content (AvgIpc) is 2.25. The van der Waals surface area contributed by atoms with E-state index in [1.807, 2.05) is 0 Å². The maximum Gasteiger partial charge on any atom is 0.303 e. The van der Waals surface area contributed by atoms with E-state index in [4.69, 9.17) is 10.8 Å². The number of nitrogens with one attached hydrogen (secondary N) is 1. The molecule has 0 bridgehead atoms. The zero-order valence-electron chi connectivity index (χ0n) is 9.94. The van der Waals surface area contributed by atoms with E-state index < -0.39 is 5.97 Å². The van der Waals surface area contributed by atoms with Gasteiger partial charge in [0.1, 0.15) is 0 Å². The summed E-state index contributed by atoms with van der Waals surface area (Å²) in [6, 6.07) is 4.73. The molecule has 0 saturated carbocycles. The van der Waals surface area contributed by atoms with E-state index in [2.05, 4.69) is 21.2 Å². The minimum absolute atomic E-state index is 0.0298. The van der Waals surface area contributed by atoms with E-state index in [1.165, 1.54) is 0 Å². The van der Waals surface area contributed by atoms with Crippen molar-refractivity contribution in [1.82, 2.24) is 5.32 Å². The first-order valence-corrected chi connectivity index (χ1v) is 6.26. The fraction of sp³-hybridized carbons (Fsp3) is 0.333. The molecule has 1 aromatic carbocycles. The molecule has 0 heterocycles. The molecule has 6 heteroatoms. The second kappa shape index (κ2) is 6.39. The summed E-state index contributed by atoms with van der Waals surface area (Å²) in [7, 11) is 0. The summed E-state index contributed by atoms with van der Waals surface area (Å²) in [6.07, 6.45) is 0.423. The molecule has 5 nitrogen and oxygen atoms in total. The molecule has 0 aliphatic rings. The van der Waals surface area contributed by atoms with Crippen molar-refractivity contribution in [2.24, 2.45) is 0 Å². The minimum atomic E-state index is -0.872. The molecule has 0 fully saturated rings. The van der Waals surface area contributed by atoms with Crippen molar-refractivity contribution < 1.29 is 14.7 Å². The van der Waals surface area contributed by atoms with Crippen molar-refractivity contribution in [3.63, 3.8) is 0 Å². The molecule has 1 unspecified atom stereocenters. The molecule has 4 N–H and O–H groups in total. The number of nitrogen functional groups attached to an aromatic ring is 1. The number of benzene rings is 1. The number of anilines is 1. The second-order valence-corrected chi connectivity index (χ2v) is 5.00. The number of carboxylic acid groups (broad SMARTS) is 1. The Bertz CT molecular complexity index is 442. The highest BCUT2D eigenvalue weighted by molar-refractivity contribution is 9.10. The van der Waals surface area contributed by atoms with Gasteiger partial charge in [-0.15, -0.1) is 0 Å². The van der Waals surface area contributed by atoms with E-state index >= 15 is 0 Å². The number of amides is 1. The third-order valence-electron chi connectivity index (χ3n) is 2.35. The quantitative estimate of drug-likeness (QED) is 0.725. The third kappa shape index (κ3) is 4.75. The summed E-state index contributed by atoms with van der Waals surface area (Å²) in [6.45, 7) is 1.77. The first kappa shape index (κ1) is 14.5. The number of nitrogens with two attached hydrogens (primary N) is 1. The number of hydrogen-bond acceptors (Lipinski definition) is 3. The fourth-order valence-corrected chi connectivity index (χ4v) is 1.97. The highest BCUT2D eigenvalue weighted by atomic mass is 79.9. The first-order valence-electron chi connectivity index (χ1n) is 5.47. The molecule has 1 rings (SSSR count). The van der Waals surface area contributed by atoms with Crippen molar-refractivity contribution >= 4 is 33.5 Å². The highest BCUT2D eigenvalue weighted by Gasteiger charge is 2.12. The van der Waals surface area contributed by atoms with E-state index in [0.717, 1.165) is 4.47 Å². The lowest BCUT2D eigenvalue weighted by molar-refractivity contribution is -0.137. The van der Waals surface area contributed by atoms with Crippen molar-refractivity contribution in [2.45, 2.75) is 25.8 Å². The van der Waals surface area contributed by atoms with Crippen molar-refractivity contribution in [2.75, 3.05) is 5.73 Å². The lowest BCUT2D eigenvalue weighted by atomic mass is 10.1. The number of hydrogen-bond donors (Lipinski definition) is 3. The number of carbonyl (C=O) groups excluding carboxylic acids is 1. The van der Waals surface area contributed by atoms with E-state index in [-0.39, 0.29) is 18.4 Å². The number of halogens is 1. The summed E-state index contributed by atoms with van der Waals surface area (Å²) in [5.74, 6) is -1.14. The molecule has 18 heavy (non-hydrogen) atoms. The standard InChI is InChI=1S/C12H15BrN2O3/c1-7(2-3-11(16)17)15-12(18)8-4-9(13)6-10(14)5-8/h4-7H,2-3,14H2,1H3,(H,15,18)(H,16,17). The molecular formula is C12H15BrN2O3. The smallest absolute Gasteiger partial charge is 0.303 e. The SMILES string of the molecule is CC(CCC(=O)O)NC(=O)c1cc(N)cc(Br)c1. The Morgan fingerprint density at radius 1 is 1.44 bits per heavy atom. The van der Waals surface area contributed by atoms with Gasteiger partial charge in [-0.05, 0) is 31.5 Å². The van der Waals surface area contributed by atoms with Crippen molar-refractivity contribution in [3.05, 3.63) is 28.2 Å². The Morgan fingerprint density at radius 2 is 2.11 bits per heavy atom.